The number of fused-ring (bicyclic) bond motifs is 1. The van der Waals surface area contributed by atoms with Crippen molar-refractivity contribution in [3.8, 4) is 0 Å². The third-order valence-electron chi connectivity index (χ3n) is 3.64. The van der Waals surface area contributed by atoms with Crippen LogP contribution in [-0.4, -0.2) is 22.0 Å². The number of nitrogens with zero attached hydrogens (tertiary/aromatic N) is 1. The van der Waals surface area contributed by atoms with Crippen molar-refractivity contribution in [1.82, 2.24) is 4.90 Å². The van der Waals surface area contributed by atoms with Crippen molar-refractivity contribution in [2.75, 3.05) is 0 Å². The van der Waals surface area contributed by atoms with E-state index in [2.05, 4.69) is 13.2 Å². The number of hydrogen-bond acceptors (Lipinski definition) is 4. The molecule has 2 rings (SSSR count). The van der Waals surface area contributed by atoms with Gasteiger partial charge in [-0.05, 0) is 18.1 Å². The lowest BCUT2D eigenvalue weighted by atomic mass is 10.1. The monoisotopic (exact) mass is 308 g/mol. The van der Waals surface area contributed by atoms with Gasteiger partial charge >= 0.3 is 5.97 Å². The lowest BCUT2D eigenvalue weighted by Crippen LogP contribution is -2.33. The first-order valence-electron chi connectivity index (χ1n) is 6.46. The van der Waals surface area contributed by atoms with Gasteiger partial charge in [0.15, 0.2) is 0 Å². The van der Waals surface area contributed by atoms with Gasteiger partial charge in [0.25, 0.3) is 0 Å². The molecular weight excluding hydrogens is 292 g/mol. The quantitative estimate of drug-likeness (QED) is 0.624. The minimum Gasteiger partial charge on any atom is -0.481 e. The Labute approximate surface area is 128 Å². The summed E-state index contributed by atoms with van der Waals surface area (Å²) in [4.78, 5) is 17.5. The number of nitrogens with two attached hydrogens (primary N) is 1. The molecule has 1 atom stereocenters. The second-order valence-electron chi connectivity index (χ2n) is 4.87. The molecule has 0 spiro atoms. The number of carboxylic acids is 1. The second-order valence-corrected chi connectivity index (χ2v) is 5.28. The fourth-order valence-electron chi connectivity index (χ4n) is 2.54. The van der Waals surface area contributed by atoms with Gasteiger partial charge in [0.2, 0.25) is 0 Å². The zero-order valence-corrected chi connectivity index (χ0v) is 12.3. The van der Waals surface area contributed by atoms with Gasteiger partial charge < -0.3 is 14.8 Å². The average Bonchev–Trinajstić information content (AvgIpc) is 2.78. The predicted octanol–water partition coefficient (Wildman–Crippen LogP) is 2.76. The SMILES string of the molecule is C=C(ON)C(CCC(=O)O)N1Cc2c(Cl)cccc2C1=C. The molecule has 112 valence electrons. The van der Waals surface area contributed by atoms with Crippen LogP contribution in [0.2, 0.25) is 5.02 Å². The minimum absolute atomic E-state index is 0.0130. The van der Waals surface area contributed by atoms with Crippen molar-refractivity contribution in [2.24, 2.45) is 5.90 Å². The molecule has 1 aliphatic heterocycles. The normalized spacial score (nSPS) is 14.8. The average molecular weight is 309 g/mol. The Hall–Kier alpha value is -1.98. The van der Waals surface area contributed by atoms with Crippen LogP contribution in [0.5, 0.6) is 0 Å². The van der Waals surface area contributed by atoms with E-state index in [9.17, 15) is 4.79 Å². The third-order valence-corrected chi connectivity index (χ3v) is 3.99. The molecule has 1 aromatic carbocycles. The first-order chi connectivity index (χ1) is 9.95. The van der Waals surface area contributed by atoms with Gasteiger partial charge in [-0.2, -0.15) is 5.90 Å². The maximum Gasteiger partial charge on any atom is 0.303 e. The number of aliphatic carboxylic acids is 1. The highest BCUT2D eigenvalue weighted by molar-refractivity contribution is 6.31. The number of carboxylic acid groups (broad SMARTS) is 1. The minimum atomic E-state index is -0.884. The van der Waals surface area contributed by atoms with Crippen LogP contribution in [0.3, 0.4) is 0 Å². The Balaban J connectivity index is 2.27. The summed E-state index contributed by atoms with van der Waals surface area (Å²) in [5.74, 6) is 4.62. The van der Waals surface area contributed by atoms with E-state index in [0.717, 1.165) is 16.8 Å². The van der Waals surface area contributed by atoms with Crippen molar-refractivity contribution >= 4 is 23.3 Å². The lowest BCUT2D eigenvalue weighted by Gasteiger charge is -2.30. The van der Waals surface area contributed by atoms with Gasteiger partial charge in [0.05, 0.1) is 6.04 Å². The number of rotatable bonds is 6. The van der Waals surface area contributed by atoms with Crippen LogP contribution in [0.25, 0.3) is 5.70 Å². The summed E-state index contributed by atoms with van der Waals surface area (Å²) in [7, 11) is 0. The molecule has 0 radical (unpaired) electrons. The second kappa shape index (κ2) is 6.20. The first-order valence-corrected chi connectivity index (χ1v) is 6.84. The number of benzene rings is 1. The summed E-state index contributed by atoms with van der Waals surface area (Å²) < 4.78 is 0. The van der Waals surface area contributed by atoms with Crippen LogP contribution in [-0.2, 0) is 16.2 Å². The van der Waals surface area contributed by atoms with Crippen molar-refractivity contribution < 1.29 is 14.7 Å². The molecule has 1 aliphatic rings. The van der Waals surface area contributed by atoms with E-state index in [0.29, 0.717) is 23.7 Å². The van der Waals surface area contributed by atoms with Crippen LogP contribution in [0, 0.1) is 0 Å². The Morgan fingerprint density at radius 1 is 1.57 bits per heavy atom. The zero-order valence-electron chi connectivity index (χ0n) is 11.5. The van der Waals surface area contributed by atoms with Crippen LogP contribution >= 0.6 is 11.6 Å². The molecule has 1 aromatic rings. The van der Waals surface area contributed by atoms with E-state index in [1.165, 1.54) is 0 Å². The maximum atomic E-state index is 10.8. The first kappa shape index (κ1) is 15.4. The van der Waals surface area contributed by atoms with Gasteiger partial charge in [-0.3, -0.25) is 4.79 Å². The smallest absolute Gasteiger partial charge is 0.303 e. The molecule has 0 saturated carbocycles. The Morgan fingerprint density at radius 3 is 2.86 bits per heavy atom. The maximum absolute atomic E-state index is 10.8. The highest BCUT2D eigenvalue weighted by Crippen LogP contribution is 2.38. The summed E-state index contributed by atoms with van der Waals surface area (Å²) in [5.41, 5.74) is 2.68. The summed E-state index contributed by atoms with van der Waals surface area (Å²) in [6.45, 7) is 8.35. The van der Waals surface area contributed by atoms with E-state index < -0.39 is 5.97 Å². The molecule has 3 N–H and O–H groups in total. The molecule has 0 saturated heterocycles. The molecule has 0 aromatic heterocycles. The molecule has 0 bridgehead atoms. The summed E-state index contributed by atoms with van der Waals surface area (Å²) in [6, 6.07) is 5.25. The lowest BCUT2D eigenvalue weighted by molar-refractivity contribution is -0.137. The molecule has 1 heterocycles. The molecule has 0 fully saturated rings. The summed E-state index contributed by atoms with van der Waals surface area (Å²) in [5, 5.41) is 9.54. The Kier molecular flexibility index (Phi) is 4.55. The van der Waals surface area contributed by atoms with Gasteiger partial charge in [0.1, 0.15) is 5.76 Å². The molecular formula is C15H17ClN2O3. The molecule has 0 amide bonds. The highest BCUT2D eigenvalue weighted by Gasteiger charge is 2.32. The molecule has 0 aliphatic carbocycles. The van der Waals surface area contributed by atoms with Gasteiger partial charge in [0, 0.05) is 29.2 Å². The van der Waals surface area contributed by atoms with E-state index in [4.69, 9.17) is 27.4 Å². The molecule has 5 nitrogen and oxygen atoms in total. The topological polar surface area (TPSA) is 75.8 Å². The number of halogens is 1. The van der Waals surface area contributed by atoms with Crippen molar-refractivity contribution in [2.45, 2.75) is 25.4 Å². The highest BCUT2D eigenvalue weighted by atomic mass is 35.5. The van der Waals surface area contributed by atoms with E-state index in [1.807, 2.05) is 23.1 Å². The van der Waals surface area contributed by atoms with E-state index >= 15 is 0 Å². The predicted molar refractivity (Wildman–Crippen MR) is 81.1 cm³/mol. The van der Waals surface area contributed by atoms with Gasteiger partial charge in [-0.15, -0.1) is 0 Å². The van der Waals surface area contributed by atoms with Gasteiger partial charge in [-0.25, -0.2) is 0 Å². The van der Waals surface area contributed by atoms with E-state index in [-0.39, 0.29) is 12.5 Å². The summed E-state index contributed by atoms with van der Waals surface area (Å²) in [6.07, 6.45) is 0.316. The Bertz CT molecular complexity index is 601. The van der Waals surface area contributed by atoms with Crippen molar-refractivity contribution in [1.29, 1.82) is 0 Å². The zero-order chi connectivity index (χ0) is 15.6. The largest absolute Gasteiger partial charge is 0.481 e. The number of hydrogen-bond donors (Lipinski definition) is 2. The molecule has 21 heavy (non-hydrogen) atoms. The fourth-order valence-corrected chi connectivity index (χ4v) is 2.77. The molecule has 1 unspecified atom stereocenters. The molecule has 6 heteroatoms. The van der Waals surface area contributed by atoms with Crippen LogP contribution in [0.4, 0.5) is 0 Å². The summed E-state index contributed by atoms with van der Waals surface area (Å²) >= 11 is 6.21. The third kappa shape index (κ3) is 3.04. The number of carbonyl (C=O) groups is 1. The van der Waals surface area contributed by atoms with Crippen LogP contribution < -0.4 is 5.90 Å². The van der Waals surface area contributed by atoms with Crippen LogP contribution in [0.1, 0.15) is 24.0 Å². The van der Waals surface area contributed by atoms with Crippen LogP contribution in [0.15, 0.2) is 37.1 Å². The fraction of sp³-hybridized carbons (Fsp3) is 0.267. The van der Waals surface area contributed by atoms with Gasteiger partial charge in [-0.1, -0.05) is 36.9 Å². The van der Waals surface area contributed by atoms with Crippen molar-refractivity contribution in [3.63, 3.8) is 0 Å². The van der Waals surface area contributed by atoms with Crippen molar-refractivity contribution in [3.05, 3.63) is 53.3 Å². The Morgan fingerprint density at radius 2 is 2.29 bits per heavy atom. The standard InChI is InChI=1S/C15H17ClN2O3/c1-9-11-4-3-5-13(16)12(11)8-18(9)14(10(2)21-17)6-7-15(19)20/h3-5,14H,1-2,6-8,17H2,(H,19,20). The van der Waals surface area contributed by atoms with E-state index in [1.54, 1.807) is 0 Å².